The smallest absolute Gasteiger partial charge is 0.261 e. The molecule has 2 heterocycles. The van der Waals surface area contributed by atoms with Crippen LogP contribution in [0.3, 0.4) is 0 Å². The first-order valence-corrected chi connectivity index (χ1v) is 8.77. The maximum Gasteiger partial charge on any atom is 0.261 e. The fourth-order valence-corrected chi connectivity index (χ4v) is 3.21. The molecule has 0 saturated heterocycles. The molecule has 0 bridgehead atoms. The minimum atomic E-state index is -3.78. The van der Waals surface area contributed by atoms with Crippen LogP contribution in [0.5, 0.6) is 0 Å². The molecule has 3 aromatic rings. The van der Waals surface area contributed by atoms with Crippen LogP contribution in [0, 0.1) is 5.82 Å². The van der Waals surface area contributed by atoms with Crippen LogP contribution in [0.2, 0.25) is 0 Å². The molecule has 1 N–H and O–H groups in total. The van der Waals surface area contributed by atoms with Gasteiger partial charge in [0.05, 0.1) is 29.5 Å². The first kappa shape index (κ1) is 16.2. The molecule has 126 valence electrons. The fraction of sp³-hybridized carbons (Fsp3) is 0.200. The van der Waals surface area contributed by atoms with E-state index in [2.05, 4.69) is 14.9 Å². The van der Waals surface area contributed by atoms with Crippen LogP contribution in [0.1, 0.15) is 12.5 Å². The molecular formula is C15H16FN5O2S. The van der Waals surface area contributed by atoms with Gasteiger partial charge in [-0.1, -0.05) is 0 Å². The number of benzene rings is 1. The summed E-state index contributed by atoms with van der Waals surface area (Å²) >= 11 is 0. The number of nitrogens with zero attached hydrogens (tertiary/aromatic N) is 4. The van der Waals surface area contributed by atoms with Crippen molar-refractivity contribution >= 4 is 15.7 Å². The van der Waals surface area contributed by atoms with Gasteiger partial charge < -0.3 is 0 Å². The maximum absolute atomic E-state index is 12.9. The van der Waals surface area contributed by atoms with Crippen molar-refractivity contribution in [2.45, 2.75) is 24.9 Å². The van der Waals surface area contributed by atoms with Crippen LogP contribution in [0.25, 0.3) is 0 Å². The SMILES string of the molecule is CCn1cc(Cn2cc(NS(=O)(=O)c3ccc(F)cc3)cn2)cn1. The molecule has 2 aromatic heterocycles. The summed E-state index contributed by atoms with van der Waals surface area (Å²) in [4.78, 5) is -0.0131. The molecule has 0 saturated carbocycles. The lowest BCUT2D eigenvalue weighted by molar-refractivity contribution is 0.599. The van der Waals surface area contributed by atoms with E-state index >= 15 is 0 Å². The van der Waals surface area contributed by atoms with E-state index in [1.165, 1.54) is 18.3 Å². The predicted octanol–water partition coefficient (Wildman–Crippen LogP) is 2.09. The Morgan fingerprint density at radius 2 is 1.79 bits per heavy atom. The van der Waals surface area contributed by atoms with E-state index < -0.39 is 15.8 Å². The topological polar surface area (TPSA) is 81.8 Å². The van der Waals surface area contributed by atoms with Gasteiger partial charge in [0.2, 0.25) is 0 Å². The lowest BCUT2D eigenvalue weighted by atomic mass is 10.4. The summed E-state index contributed by atoms with van der Waals surface area (Å²) in [6.07, 6.45) is 6.66. The third-order valence-corrected chi connectivity index (χ3v) is 4.76. The first-order valence-electron chi connectivity index (χ1n) is 7.28. The van der Waals surface area contributed by atoms with Crippen molar-refractivity contribution in [3.63, 3.8) is 0 Å². The van der Waals surface area contributed by atoms with Crippen molar-refractivity contribution in [3.05, 3.63) is 60.4 Å². The molecule has 0 unspecified atom stereocenters. The Balaban J connectivity index is 1.72. The Bertz CT molecular complexity index is 931. The Morgan fingerprint density at radius 1 is 1.08 bits per heavy atom. The lowest BCUT2D eigenvalue weighted by Crippen LogP contribution is -2.12. The summed E-state index contributed by atoms with van der Waals surface area (Å²) in [6, 6.07) is 4.62. The van der Waals surface area contributed by atoms with Crippen LogP contribution in [-0.4, -0.2) is 28.0 Å². The zero-order valence-corrected chi connectivity index (χ0v) is 13.7. The highest BCUT2D eigenvalue weighted by Crippen LogP contribution is 2.16. The number of rotatable bonds is 6. The standard InChI is InChI=1S/C15H16FN5O2S/c1-2-20-9-12(7-17-20)10-21-11-14(8-18-21)19-24(22,23)15-5-3-13(16)4-6-15/h3-9,11,19H,2,10H2,1H3. The molecule has 0 fully saturated rings. The summed E-state index contributed by atoms with van der Waals surface area (Å²) in [5.74, 6) is -0.491. The summed E-state index contributed by atoms with van der Waals surface area (Å²) in [6.45, 7) is 3.26. The number of halogens is 1. The zero-order valence-electron chi connectivity index (χ0n) is 12.9. The average molecular weight is 349 g/mol. The van der Waals surface area contributed by atoms with Gasteiger partial charge in [0.15, 0.2) is 0 Å². The molecule has 0 amide bonds. The number of aromatic nitrogens is 4. The number of nitrogens with one attached hydrogen (secondary N) is 1. The normalized spacial score (nSPS) is 11.6. The van der Waals surface area contributed by atoms with E-state index in [1.54, 1.807) is 21.8 Å². The van der Waals surface area contributed by atoms with Crippen LogP contribution in [-0.2, 0) is 23.1 Å². The maximum atomic E-state index is 12.9. The fourth-order valence-electron chi connectivity index (χ4n) is 2.18. The van der Waals surface area contributed by atoms with Gasteiger partial charge in [0, 0.05) is 24.5 Å². The largest absolute Gasteiger partial charge is 0.276 e. The minimum Gasteiger partial charge on any atom is -0.276 e. The van der Waals surface area contributed by atoms with Crippen LogP contribution in [0.15, 0.2) is 53.9 Å². The number of aryl methyl sites for hydroxylation is 1. The Labute approximate surface area is 138 Å². The molecule has 0 spiro atoms. The quantitative estimate of drug-likeness (QED) is 0.739. The molecule has 0 aliphatic rings. The Kier molecular flexibility index (Phi) is 4.34. The predicted molar refractivity (Wildman–Crippen MR) is 86.4 cm³/mol. The highest BCUT2D eigenvalue weighted by molar-refractivity contribution is 7.92. The van der Waals surface area contributed by atoms with Gasteiger partial charge in [-0.05, 0) is 31.2 Å². The van der Waals surface area contributed by atoms with Gasteiger partial charge in [0.25, 0.3) is 10.0 Å². The summed E-state index contributed by atoms with van der Waals surface area (Å²) in [5.41, 5.74) is 1.30. The van der Waals surface area contributed by atoms with Crippen molar-refractivity contribution in [1.82, 2.24) is 19.6 Å². The number of hydrogen-bond acceptors (Lipinski definition) is 4. The molecule has 3 rings (SSSR count). The van der Waals surface area contributed by atoms with E-state index in [9.17, 15) is 12.8 Å². The van der Waals surface area contributed by atoms with E-state index in [1.807, 2.05) is 13.1 Å². The molecular weight excluding hydrogens is 333 g/mol. The average Bonchev–Trinajstić information content (AvgIpc) is 3.17. The second-order valence-corrected chi connectivity index (χ2v) is 6.87. The summed E-state index contributed by atoms with van der Waals surface area (Å²) in [5, 5.41) is 8.31. The van der Waals surface area contributed by atoms with Gasteiger partial charge in [-0.25, -0.2) is 12.8 Å². The number of anilines is 1. The highest BCUT2D eigenvalue weighted by atomic mass is 32.2. The molecule has 7 nitrogen and oxygen atoms in total. The van der Waals surface area contributed by atoms with Gasteiger partial charge in [-0.3, -0.25) is 14.1 Å². The van der Waals surface area contributed by atoms with E-state index in [0.717, 1.165) is 24.2 Å². The lowest BCUT2D eigenvalue weighted by Gasteiger charge is -2.05. The first-order chi connectivity index (χ1) is 11.5. The third kappa shape index (κ3) is 3.62. The van der Waals surface area contributed by atoms with Gasteiger partial charge in [-0.15, -0.1) is 0 Å². The minimum absolute atomic E-state index is 0.0131. The zero-order chi connectivity index (χ0) is 17.2. The second kappa shape index (κ2) is 6.44. The molecule has 1 aromatic carbocycles. The number of hydrogen-bond donors (Lipinski definition) is 1. The summed E-state index contributed by atoms with van der Waals surface area (Å²) < 4.78 is 43.2. The molecule has 0 radical (unpaired) electrons. The van der Waals surface area contributed by atoms with Crippen LogP contribution < -0.4 is 4.72 Å². The van der Waals surface area contributed by atoms with Crippen molar-refractivity contribution < 1.29 is 12.8 Å². The van der Waals surface area contributed by atoms with Crippen LogP contribution in [0.4, 0.5) is 10.1 Å². The van der Waals surface area contributed by atoms with Gasteiger partial charge >= 0.3 is 0 Å². The molecule has 0 aliphatic heterocycles. The Morgan fingerprint density at radius 3 is 2.46 bits per heavy atom. The molecule has 9 heteroatoms. The molecule has 0 atom stereocenters. The van der Waals surface area contributed by atoms with Gasteiger partial charge in [0.1, 0.15) is 5.82 Å². The van der Waals surface area contributed by atoms with E-state index in [4.69, 9.17) is 0 Å². The van der Waals surface area contributed by atoms with Crippen LogP contribution >= 0.6 is 0 Å². The molecule has 24 heavy (non-hydrogen) atoms. The summed E-state index contributed by atoms with van der Waals surface area (Å²) in [7, 11) is -3.78. The Hall–Kier alpha value is -2.68. The van der Waals surface area contributed by atoms with E-state index in [-0.39, 0.29) is 4.90 Å². The van der Waals surface area contributed by atoms with Crippen molar-refractivity contribution in [2.24, 2.45) is 0 Å². The van der Waals surface area contributed by atoms with Crippen molar-refractivity contribution in [2.75, 3.05) is 4.72 Å². The monoisotopic (exact) mass is 349 g/mol. The second-order valence-electron chi connectivity index (χ2n) is 5.19. The third-order valence-electron chi connectivity index (χ3n) is 3.36. The van der Waals surface area contributed by atoms with Crippen molar-refractivity contribution in [1.29, 1.82) is 0 Å². The van der Waals surface area contributed by atoms with Gasteiger partial charge in [-0.2, -0.15) is 10.2 Å². The van der Waals surface area contributed by atoms with Crippen molar-refractivity contribution in [3.8, 4) is 0 Å². The molecule has 0 aliphatic carbocycles. The number of sulfonamides is 1. The van der Waals surface area contributed by atoms with E-state index in [0.29, 0.717) is 12.2 Å². The highest BCUT2D eigenvalue weighted by Gasteiger charge is 2.15.